The first kappa shape index (κ1) is 13.2. The lowest BCUT2D eigenvalue weighted by Gasteiger charge is -2.21. The van der Waals surface area contributed by atoms with E-state index in [0.29, 0.717) is 5.69 Å². The summed E-state index contributed by atoms with van der Waals surface area (Å²) in [5.74, 6) is -1.10. The maximum absolute atomic E-state index is 11.7. The average molecular weight is 236 g/mol. The van der Waals surface area contributed by atoms with E-state index in [0.717, 1.165) is 0 Å². The van der Waals surface area contributed by atoms with E-state index in [1.807, 2.05) is 0 Å². The minimum atomic E-state index is -0.899. The van der Waals surface area contributed by atoms with Crippen LogP contribution in [0, 0.1) is 5.41 Å². The van der Waals surface area contributed by atoms with Gasteiger partial charge in [0, 0.05) is 12.6 Å². The van der Waals surface area contributed by atoms with Crippen LogP contribution in [0.15, 0.2) is 24.5 Å². The fourth-order valence-corrected chi connectivity index (χ4v) is 1.55. The molecule has 0 aliphatic rings. The molecule has 0 spiro atoms. The summed E-state index contributed by atoms with van der Waals surface area (Å²) < 4.78 is 0. The fraction of sp³-hybridized carbons (Fsp3) is 0.417. The molecule has 0 saturated carbocycles. The molecule has 1 aromatic heterocycles. The molecule has 2 N–H and O–H groups in total. The minimum Gasteiger partial charge on any atom is -0.481 e. The van der Waals surface area contributed by atoms with Crippen LogP contribution in [0.5, 0.6) is 0 Å². The smallest absolute Gasteiger partial charge is 0.303 e. The maximum Gasteiger partial charge on any atom is 0.303 e. The van der Waals surface area contributed by atoms with Gasteiger partial charge in [-0.25, -0.2) is 0 Å². The molecule has 5 nitrogen and oxygen atoms in total. The third-order valence-corrected chi connectivity index (χ3v) is 2.21. The molecule has 0 fully saturated rings. The van der Waals surface area contributed by atoms with Crippen molar-refractivity contribution in [2.45, 2.75) is 26.7 Å². The van der Waals surface area contributed by atoms with E-state index in [4.69, 9.17) is 5.11 Å². The van der Waals surface area contributed by atoms with Gasteiger partial charge in [-0.15, -0.1) is 0 Å². The number of carboxylic acids is 1. The van der Waals surface area contributed by atoms with E-state index < -0.39 is 11.4 Å². The normalized spacial score (nSPS) is 10.9. The molecule has 92 valence electrons. The zero-order valence-corrected chi connectivity index (χ0v) is 9.93. The fourth-order valence-electron chi connectivity index (χ4n) is 1.55. The van der Waals surface area contributed by atoms with Crippen LogP contribution < -0.4 is 5.32 Å². The summed E-state index contributed by atoms with van der Waals surface area (Å²) in [5, 5.41) is 11.4. The van der Waals surface area contributed by atoms with Gasteiger partial charge < -0.3 is 10.4 Å². The van der Waals surface area contributed by atoms with Gasteiger partial charge in [-0.05, 0) is 17.5 Å². The topological polar surface area (TPSA) is 79.3 Å². The van der Waals surface area contributed by atoms with Gasteiger partial charge in [0.05, 0.1) is 18.3 Å². The number of carbonyl (C=O) groups excluding carboxylic acids is 1. The molecule has 5 heteroatoms. The molecular formula is C12H16N2O3. The molecule has 0 atom stereocenters. The van der Waals surface area contributed by atoms with Crippen molar-refractivity contribution in [1.29, 1.82) is 0 Å². The third kappa shape index (κ3) is 5.10. The molecule has 0 bridgehead atoms. The van der Waals surface area contributed by atoms with Crippen molar-refractivity contribution >= 4 is 17.6 Å². The zero-order valence-electron chi connectivity index (χ0n) is 9.93. The van der Waals surface area contributed by atoms with E-state index in [1.54, 1.807) is 38.4 Å². The predicted octanol–water partition coefficient (Wildman–Crippen LogP) is 1.91. The average Bonchev–Trinajstić information content (AvgIpc) is 2.15. The van der Waals surface area contributed by atoms with Crippen molar-refractivity contribution in [3.05, 3.63) is 24.5 Å². The first-order valence-corrected chi connectivity index (χ1v) is 5.31. The Labute approximate surface area is 99.9 Å². The number of nitrogens with zero attached hydrogens (tertiary/aromatic N) is 1. The van der Waals surface area contributed by atoms with Gasteiger partial charge >= 0.3 is 5.97 Å². The second-order valence-corrected chi connectivity index (χ2v) is 4.70. The highest BCUT2D eigenvalue weighted by Crippen LogP contribution is 2.25. The van der Waals surface area contributed by atoms with Gasteiger partial charge in [0.2, 0.25) is 5.91 Å². The van der Waals surface area contributed by atoms with Crippen LogP contribution in [0.25, 0.3) is 0 Å². The lowest BCUT2D eigenvalue weighted by Crippen LogP contribution is -2.24. The largest absolute Gasteiger partial charge is 0.481 e. The molecule has 0 aliphatic carbocycles. The van der Waals surface area contributed by atoms with Crippen LogP contribution in [-0.2, 0) is 9.59 Å². The van der Waals surface area contributed by atoms with Gasteiger partial charge in [-0.2, -0.15) is 0 Å². The lowest BCUT2D eigenvalue weighted by atomic mass is 9.85. The summed E-state index contributed by atoms with van der Waals surface area (Å²) in [6.07, 6.45) is 3.29. The van der Waals surface area contributed by atoms with Crippen LogP contribution in [-0.4, -0.2) is 22.0 Å². The SMILES string of the molecule is CC(C)(CC(=O)O)CC(=O)Nc1cccnc1. The van der Waals surface area contributed by atoms with Gasteiger partial charge in [0.25, 0.3) is 0 Å². The van der Waals surface area contributed by atoms with Crippen molar-refractivity contribution in [3.63, 3.8) is 0 Å². The summed E-state index contributed by atoms with van der Waals surface area (Å²) in [5.41, 5.74) is 0.0571. The molecule has 1 aromatic rings. The Bertz CT molecular complexity index is 401. The number of hydrogen-bond donors (Lipinski definition) is 2. The maximum atomic E-state index is 11.7. The van der Waals surface area contributed by atoms with E-state index in [-0.39, 0.29) is 18.7 Å². The van der Waals surface area contributed by atoms with Crippen molar-refractivity contribution in [2.75, 3.05) is 5.32 Å². The van der Waals surface area contributed by atoms with E-state index in [1.165, 1.54) is 0 Å². The number of pyridine rings is 1. The minimum absolute atomic E-state index is 0.0343. The van der Waals surface area contributed by atoms with Gasteiger partial charge in [-0.1, -0.05) is 13.8 Å². The standard InChI is InChI=1S/C12H16N2O3/c1-12(2,7-11(16)17)6-10(15)14-9-4-3-5-13-8-9/h3-5,8H,6-7H2,1-2H3,(H,14,15)(H,16,17). The van der Waals surface area contributed by atoms with Crippen LogP contribution in [0.1, 0.15) is 26.7 Å². The Morgan fingerprint density at radius 2 is 2.12 bits per heavy atom. The molecule has 1 heterocycles. The van der Waals surface area contributed by atoms with Crippen LogP contribution in [0.3, 0.4) is 0 Å². The molecule has 0 saturated heterocycles. The number of amides is 1. The molecule has 0 radical (unpaired) electrons. The number of aromatic nitrogens is 1. The highest BCUT2D eigenvalue weighted by molar-refractivity contribution is 5.91. The first-order valence-electron chi connectivity index (χ1n) is 5.31. The van der Waals surface area contributed by atoms with Crippen molar-refractivity contribution in [1.82, 2.24) is 4.98 Å². The number of aliphatic carboxylic acids is 1. The van der Waals surface area contributed by atoms with Crippen molar-refractivity contribution in [2.24, 2.45) is 5.41 Å². The highest BCUT2D eigenvalue weighted by atomic mass is 16.4. The number of rotatable bonds is 5. The molecule has 1 amide bonds. The molecule has 1 rings (SSSR count). The summed E-state index contributed by atoms with van der Waals surface area (Å²) >= 11 is 0. The quantitative estimate of drug-likeness (QED) is 0.818. The monoisotopic (exact) mass is 236 g/mol. The molecule has 17 heavy (non-hydrogen) atoms. The Balaban J connectivity index is 2.52. The number of nitrogens with one attached hydrogen (secondary N) is 1. The van der Waals surface area contributed by atoms with Crippen molar-refractivity contribution < 1.29 is 14.7 Å². The Kier molecular flexibility index (Phi) is 4.20. The van der Waals surface area contributed by atoms with Gasteiger partial charge in [0.1, 0.15) is 0 Å². The second-order valence-electron chi connectivity index (χ2n) is 4.70. The van der Waals surface area contributed by atoms with Crippen molar-refractivity contribution in [3.8, 4) is 0 Å². The lowest BCUT2D eigenvalue weighted by molar-refractivity contribution is -0.139. The number of carbonyl (C=O) groups is 2. The number of anilines is 1. The molecule has 0 unspecified atom stereocenters. The molecule has 0 aromatic carbocycles. The van der Waals surface area contributed by atoms with Gasteiger partial charge in [-0.3, -0.25) is 14.6 Å². The summed E-state index contributed by atoms with van der Waals surface area (Å²) in [4.78, 5) is 26.2. The van der Waals surface area contributed by atoms with Crippen LogP contribution in [0.4, 0.5) is 5.69 Å². The number of carboxylic acid groups (broad SMARTS) is 1. The van der Waals surface area contributed by atoms with E-state index in [9.17, 15) is 9.59 Å². The molecule has 0 aliphatic heterocycles. The summed E-state index contributed by atoms with van der Waals surface area (Å²) in [6, 6.07) is 3.45. The zero-order chi connectivity index (χ0) is 12.9. The first-order chi connectivity index (χ1) is 7.89. The van der Waals surface area contributed by atoms with Gasteiger partial charge in [0.15, 0.2) is 0 Å². The Hall–Kier alpha value is -1.91. The van der Waals surface area contributed by atoms with Crippen LogP contribution >= 0.6 is 0 Å². The third-order valence-electron chi connectivity index (χ3n) is 2.21. The van der Waals surface area contributed by atoms with E-state index in [2.05, 4.69) is 10.3 Å². The Morgan fingerprint density at radius 1 is 1.41 bits per heavy atom. The number of hydrogen-bond acceptors (Lipinski definition) is 3. The van der Waals surface area contributed by atoms with Crippen LogP contribution in [0.2, 0.25) is 0 Å². The predicted molar refractivity (Wildman–Crippen MR) is 63.5 cm³/mol. The molecular weight excluding hydrogens is 220 g/mol. The van der Waals surface area contributed by atoms with E-state index >= 15 is 0 Å². The summed E-state index contributed by atoms with van der Waals surface area (Å²) in [6.45, 7) is 3.51. The second kappa shape index (κ2) is 5.43. The highest BCUT2D eigenvalue weighted by Gasteiger charge is 2.25. The summed E-state index contributed by atoms with van der Waals surface area (Å²) in [7, 11) is 0. The Morgan fingerprint density at radius 3 is 2.65 bits per heavy atom.